The largest absolute Gasteiger partial charge is 0.465 e. The van der Waals surface area contributed by atoms with Gasteiger partial charge < -0.3 is 10.0 Å². The van der Waals surface area contributed by atoms with Crippen LogP contribution in [0.15, 0.2) is 36.4 Å². The standard InChI is InChI=1S/C30H40N2O2/c1-19-13-22(16-24(14-19)29(2,3)4)21-7-8-25-23(15-21)17-30(5,6)27(25)32(28(33)34)26-18-31-11-9-20(26)10-12-31/h7-8,13-16,20,26-27H,9-12,17-18H2,1-6H3,(H,33,34). The summed E-state index contributed by atoms with van der Waals surface area (Å²) in [6.07, 6.45) is 2.39. The van der Waals surface area contributed by atoms with E-state index >= 15 is 0 Å². The molecule has 0 radical (unpaired) electrons. The molecule has 34 heavy (non-hydrogen) atoms. The highest BCUT2D eigenvalue weighted by Gasteiger charge is 2.50. The van der Waals surface area contributed by atoms with E-state index in [1.807, 2.05) is 4.90 Å². The maximum atomic E-state index is 12.7. The van der Waals surface area contributed by atoms with E-state index in [9.17, 15) is 9.90 Å². The molecule has 2 bridgehead atoms. The van der Waals surface area contributed by atoms with Crippen molar-refractivity contribution in [3.63, 3.8) is 0 Å². The molecule has 2 unspecified atom stereocenters. The monoisotopic (exact) mass is 460 g/mol. The summed E-state index contributed by atoms with van der Waals surface area (Å²) in [5.74, 6) is 0.489. The molecule has 4 nitrogen and oxygen atoms in total. The van der Waals surface area contributed by atoms with Crippen molar-refractivity contribution in [3.8, 4) is 11.1 Å². The Labute approximate surface area is 205 Å². The van der Waals surface area contributed by atoms with Gasteiger partial charge in [-0.05, 0) is 83.8 Å². The Morgan fingerprint density at radius 2 is 1.76 bits per heavy atom. The zero-order valence-electron chi connectivity index (χ0n) is 21.7. The van der Waals surface area contributed by atoms with Gasteiger partial charge >= 0.3 is 6.09 Å². The number of aryl methyl sites for hydroxylation is 1. The molecule has 3 heterocycles. The van der Waals surface area contributed by atoms with E-state index in [2.05, 4.69) is 82.8 Å². The molecule has 3 fully saturated rings. The fraction of sp³-hybridized carbons (Fsp3) is 0.567. The van der Waals surface area contributed by atoms with Gasteiger partial charge in [0, 0.05) is 6.54 Å². The van der Waals surface area contributed by atoms with E-state index in [-0.39, 0.29) is 22.9 Å². The number of nitrogens with zero attached hydrogens (tertiary/aromatic N) is 2. The molecule has 2 aromatic carbocycles. The lowest BCUT2D eigenvalue weighted by Crippen LogP contribution is -2.60. The lowest BCUT2D eigenvalue weighted by atomic mass is 9.79. The molecular formula is C30H40N2O2. The summed E-state index contributed by atoms with van der Waals surface area (Å²) < 4.78 is 0. The summed E-state index contributed by atoms with van der Waals surface area (Å²) in [7, 11) is 0. The normalized spacial score (nSPS) is 27.5. The van der Waals surface area contributed by atoms with Crippen LogP contribution in [0, 0.1) is 18.3 Å². The minimum Gasteiger partial charge on any atom is -0.465 e. The number of fused-ring (bicyclic) bond motifs is 4. The van der Waals surface area contributed by atoms with Crippen LogP contribution in [0.5, 0.6) is 0 Å². The van der Waals surface area contributed by atoms with Gasteiger partial charge in [-0.15, -0.1) is 0 Å². The molecule has 1 aliphatic carbocycles. The highest BCUT2D eigenvalue weighted by Crippen LogP contribution is 2.51. The van der Waals surface area contributed by atoms with Gasteiger partial charge in [0.15, 0.2) is 0 Å². The van der Waals surface area contributed by atoms with E-state index in [0.717, 1.165) is 38.9 Å². The highest BCUT2D eigenvalue weighted by molar-refractivity contribution is 5.70. The van der Waals surface area contributed by atoms with Gasteiger partial charge in [0.05, 0.1) is 12.1 Å². The van der Waals surface area contributed by atoms with Crippen LogP contribution in [0.2, 0.25) is 0 Å². The number of hydrogen-bond acceptors (Lipinski definition) is 2. The molecule has 1 amide bonds. The smallest absolute Gasteiger partial charge is 0.408 e. The van der Waals surface area contributed by atoms with Crippen molar-refractivity contribution < 1.29 is 9.90 Å². The van der Waals surface area contributed by atoms with Gasteiger partial charge in [0.2, 0.25) is 0 Å². The van der Waals surface area contributed by atoms with Crippen LogP contribution < -0.4 is 0 Å². The maximum Gasteiger partial charge on any atom is 0.408 e. The molecule has 0 spiro atoms. The number of benzene rings is 2. The van der Waals surface area contributed by atoms with E-state index in [4.69, 9.17) is 0 Å². The van der Waals surface area contributed by atoms with E-state index < -0.39 is 6.09 Å². The molecule has 3 aliphatic heterocycles. The van der Waals surface area contributed by atoms with Gasteiger partial charge in [0.25, 0.3) is 0 Å². The predicted octanol–water partition coefficient (Wildman–Crippen LogP) is 6.66. The average molecular weight is 461 g/mol. The molecule has 4 heteroatoms. The van der Waals surface area contributed by atoms with Crippen molar-refractivity contribution in [2.45, 2.75) is 78.3 Å². The van der Waals surface area contributed by atoms with Crippen LogP contribution in [-0.4, -0.2) is 46.7 Å². The Morgan fingerprint density at radius 3 is 2.35 bits per heavy atom. The topological polar surface area (TPSA) is 43.8 Å². The second-order valence-electron chi connectivity index (χ2n) is 12.7. The first-order valence-corrected chi connectivity index (χ1v) is 12.9. The molecule has 6 rings (SSSR count). The third-order valence-electron chi connectivity index (χ3n) is 8.58. The number of carbonyl (C=O) groups is 1. The third-order valence-corrected chi connectivity index (χ3v) is 8.58. The summed E-state index contributed by atoms with van der Waals surface area (Å²) in [5.41, 5.74) is 7.59. The van der Waals surface area contributed by atoms with Crippen molar-refractivity contribution in [1.29, 1.82) is 0 Å². The molecule has 0 saturated carbocycles. The lowest BCUT2D eigenvalue weighted by Gasteiger charge is -2.51. The van der Waals surface area contributed by atoms with Crippen molar-refractivity contribution in [3.05, 3.63) is 58.7 Å². The van der Waals surface area contributed by atoms with E-state index in [0.29, 0.717) is 5.92 Å². The number of piperidine rings is 3. The second-order valence-corrected chi connectivity index (χ2v) is 12.7. The minimum absolute atomic E-state index is 0.0951. The Bertz CT molecular complexity index is 1110. The van der Waals surface area contributed by atoms with Crippen LogP contribution >= 0.6 is 0 Å². The zero-order valence-corrected chi connectivity index (χ0v) is 21.7. The Kier molecular flexibility index (Phi) is 5.59. The minimum atomic E-state index is -0.762. The fourth-order valence-electron chi connectivity index (χ4n) is 6.82. The van der Waals surface area contributed by atoms with Crippen molar-refractivity contribution >= 4 is 6.09 Å². The molecule has 1 N–H and O–H groups in total. The number of carboxylic acid groups (broad SMARTS) is 1. The quantitative estimate of drug-likeness (QED) is 0.557. The first-order chi connectivity index (χ1) is 15.9. The number of amides is 1. The van der Waals surface area contributed by atoms with Crippen molar-refractivity contribution in [2.24, 2.45) is 11.3 Å². The van der Waals surface area contributed by atoms with Gasteiger partial charge in [-0.1, -0.05) is 76.6 Å². The molecule has 2 atom stereocenters. The Hall–Kier alpha value is -2.33. The first kappa shape index (κ1) is 23.4. The molecule has 3 saturated heterocycles. The van der Waals surface area contributed by atoms with Crippen LogP contribution in [-0.2, 0) is 11.8 Å². The van der Waals surface area contributed by atoms with Gasteiger partial charge in [-0.25, -0.2) is 4.79 Å². The Balaban J connectivity index is 1.53. The first-order valence-electron chi connectivity index (χ1n) is 12.9. The van der Waals surface area contributed by atoms with Crippen LogP contribution in [0.4, 0.5) is 4.79 Å². The van der Waals surface area contributed by atoms with Gasteiger partial charge in [-0.3, -0.25) is 4.90 Å². The van der Waals surface area contributed by atoms with Crippen LogP contribution in [0.25, 0.3) is 11.1 Å². The Morgan fingerprint density at radius 1 is 1.06 bits per heavy atom. The molecule has 2 aromatic rings. The number of hydrogen-bond donors (Lipinski definition) is 1. The molecular weight excluding hydrogens is 420 g/mol. The molecule has 4 aliphatic rings. The van der Waals surface area contributed by atoms with E-state index in [1.54, 1.807) is 0 Å². The maximum absolute atomic E-state index is 12.7. The summed E-state index contributed by atoms with van der Waals surface area (Å²) in [6, 6.07) is 13.6. The van der Waals surface area contributed by atoms with Crippen LogP contribution in [0.3, 0.4) is 0 Å². The van der Waals surface area contributed by atoms with Crippen LogP contribution in [0.1, 0.15) is 75.8 Å². The van der Waals surface area contributed by atoms with Crippen molar-refractivity contribution in [1.82, 2.24) is 9.80 Å². The lowest BCUT2D eigenvalue weighted by molar-refractivity contribution is -0.0267. The fourth-order valence-corrected chi connectivity index (χ4v) is 6.82. The molecule has 0 aromatic heterocycles. The summed E-state index contributed by atoms with van der Waals surface area (Å²) in [5, 5.41) is 10.4. The van der Waals surface area contributed by atoms with Gasteiger partial charge in [-0.2, -0.15) is 0 Å². The molecule has 182 valence electrons. The average Bonchev–Trinajstić information content (AvgIpc) is 3.03. The SMILES string of the molecule is Cc1cc(-c2ccc3c(c2)CC(C)(C)C3N(C(=O)O)C2CN3CCC2CC3)cc(C(C)(C)C)c1. The zero-order chi connectivity index (χ0) is 24.4. The van der Waals surface area contributed by atoms with Crippen molar-refractivity contribution in [2.75, 3.05) is 19.6 Å². The third kappa shape index (κ3) is 4.04. The summed E-state index contributed by atoms with van der Waals surface area (Å²) in [6.45, 7) is 16.6. The van der Waals surface area contributed by atoms with Gasteiger partial charge in [0.1, 0.15) is 0 Å². The predicted molar refractivity (Wildman–Crippen MR) is 138 cm³/mol. The van der Waals surface area contributed by atoms with E-state index in [1.165, 1.54) is 33.4 Å². The summed E-state index contributed by atoms with van der Waals surface area (Å²) >= 11 is 0. The summed E-state index contributed by atoms with van der Waals surface area (Å²) in [4.78, 5) is 17.0. The highest BCUT2D eigenvalue weighted by atomic mass is 16.4. The number of rotatable bonds is 3. The second kappa shape index (κ2) is 8.12.